The number of nitrogens with one attached hydrogen (secondary N) is 3. The summed E-state index contributed by atoms with van der Waals surface area (Å²) in [4.78, 5) is 63.6. The number of nitrogens with zero attached hydrogens (tertiary/aromatic N) is 1. The Morgan fingerprint density at radius 1 is 0.681 bits per heavy atom. The minimum absolute atomic E-state index is 0.0161. The molecule has 0 bridgehead atoms. The molecule has 1 aliphatic rings. The molecule has 0 atom stereocenters. The fourth-order valence-corrected chi connectivity index (χ4v) is 4.94. The van der Waals surface area contributed by atoms with Crippen LogP contribution in [0.15, 0.2) is 108 Å². The van der Waals surface area contributed by atoms with Crippen LogP contribution < -0.4 is 25.5 Å². The Hall–Kier alpha value is -6.10. The van der Waals surface area contributed by atoms with Crippen LogP contribution in [0.1, 0.15) is 68.7 Å². The highest BCUT2D eigenvalue weighted by Crippen LogP contribution is 2.26. The molecule has 11 heteroatoms. The maximum Gasteiger partial charge on any atom is 0.343 e. The van der Waals surface area contributed by atoms with E-state index in [-0.39, 0.29) is 45.8 Å². The maximum atomic E-state index is 12.9. The van der Waals surface area contributed by atoms with Gasteiger partial charge in [0.2, 0.25) is 0 Å². The molecule has 0 saturated heterocycles. The second-order valence-electron chi connectivity index (χ2n) is 10.7. The second kappa shape index (κ2) is 15.8. The highest BCUT2D eigenvalue weighted by atomic mass is 16.5. The Morgan fingerprint density at radius 2 is 1.30 bits per heavy atom. The fourth-order valence-electron chi connectivity index (χ4n) is 4.94. The summed E-state index contributed by atoms with van der Waals surface area (Å²) in [5, 5.41) is 9.33. The standard InChI is InChI=1S/C36H32N4O7/c41-32(38-27-16-8-3-9-17-27)29-18-10-11-19-30(29)39-33(42)34(43)40-37-23-26-20-21-28(46-35(44)24-12-4-1-5-13-24)22-31(26)47-36(45)25-14-6-2-7-15-25/h1-2,4-7,10-15,18-23,27H,3,8-9,16-17H2,(H,38,41)(H,39,42)(H,40,43)/b37-23+. The van der Waals surface area contributed by atoms with Gasteiger partial charge in [0.15, 0.2) is 0 Å². The fraction of sp³-hybridized carbons (Fsp3) is 0.167. The Balaban J connectivity index is 1.26. The summed E-state index contributed by atoms with van der Waals surface area (Å²) >= 11 is 0. The molecule has 0 heterocycles. The number of hydrazone groups is 1. The summed E-state index contributed by atoms with van der Waals surface area (Å²) in [5.74, 6) is -3.68. The van der Waals surface area contributed by atoms with E-state index in [9.17, 15) is 24.0 Å². The van der Waals surface area contributed by atoms with E-state index < -0.39 is 23.8 Å². The van der Waals surface area contributed by atoms with Crippen molar-refractivity contribution in [2.75, 3.05) is 5.32 Å². The quantitative estimate of drug-likeness (QED) is 0.0747. The largest absolute Gasteiger partial charge is 0.423 e. The van der Waals surface area contributed by atoms with Crippen LogP contribution in [0.2, 0.25) is 0 Å². The molecule has 11 nitrogen and oxygen atoms in total. The molecular weight excluding hydrogens is 600 g/mol. The van der Waals surface area contributed by atoms with Crippen LogP contribution in [0.3, 0.4) is 0 Å². The van der Waals surface area contributed by atoms with Gasteiger partial charge in [-0.1, -0.05) is 67.8 Å². The Bertz CT molecular complexity index is 1790. The summed E-state index contributed by atoms with van der Waals surface area (Å²) in [7, 11) is 0. The third kappa shape index (κ3) is 8.98. The molecule has 47 heavy (non-hydrogen) atoms. The van der Waals surface area contributed by atoms with Crippen LogP contribution in [0.4, 0.5) is 5.69 Å². The lowest BCUT2D eigenvalue weighted by Gasteiger charge is -2.23. The van der Waals surface area contributed by atoms with Crippen molar-refractivity contribution in [3.63, 3.8) is 0 Å². The van der Waals surface area contributed by atoms with E-state index in [0.29, 0.717) is 5.56 Å². The molecule has 0 spiro atoms. The Morgan fingerprint density at radius 3 is 1.98 bits per heavy atom. The number of carbonyl (C=O) groups is 5. The number of anilines is 1. The lowest BCUT2D eigenvalue weighted by molar-refractivity contribution is -0.136. The number of carbonyl (C=O) groups excluding carboxylic acids is 5. The van der Waals surface area contributed by atoms with Gasteiger partial charge < -0.3 is 20.1 Å². The first kappa shape index (κ1) is 32.3. The van der Waals surface area contributed by atoms with Gasteiger partial charge >= 0.3 is 23.8 Å². The molecule has 4 aromatic rings. The van der Waals surface area contributed by atoms with Crippen molar-refractivity contribution in [1.82, 2.24) is 10.7 Å². The van der Waals surface area contributed by atoms with Gasteiger partial charge in [-0.15, -0.1) is 0 Å². The van der Waals surface area contributed by atoms with E-state index in [1.807, 2.05) is 0 Å². The molecule has 1 aliphatic carbocycles. The number of ether oxygens (including phenoxy) is 2. The normalized spacial score (nSPS) is 12.9. The summed E-state index contributed by atoms with van der Waals surface area (Å²) < 4.78 is 11.0. The summed E-state index contributed by atoms with van der Waals surface area (Å²) in [5.41, 5.74) is 3.40. The third-order valence-corrected chi connectivity index (χ3v) is 7.35. The Kier molecular flexibility index (Phi) is 10.8. The van der Waals surface area contributed by atoms with Crippen LogP contribution in [0, 0.1) is 0 Å². The number of rotatable bonds is 9. The van der Waals surface area contributed by atoms with E-state index >= 15 is 0 Å². The lowest BCUT2D eigenvalue weighted by atomic mass is 9.95. The van der Waals surface area contributed by atoms with E-state index in [1.165, 1.54) is 30.5 Å². The number of hydrogen-bond donors (Lipinski definition) is 3. The number of para-hydroxylation sites is 1. The van der Waals surface area contributed by atoms with Crippen LogP contribution in [-0.4, -0.2) is 41.9 Å². The Labute approximate surface area is 271 Å². The molecule has 0 aliphatic heterocycles. The first-order valence-electron chi connectivity index (χ1n) is 15.1. The van der Waals surface area contributed by atoms with Crippen molar-refractivity contribution in [2.45, 2.75) is 38.1 Å². The predicted octanol–water partition coefficient (Wildman–Crippen LogP) is 5.28. The van der Waals surface area contributed by atoms with Crippen LogP contribution in [0.25, 0.3) is 0 Å². The minimum Gasteiger partial charge on any atom is -0.423 e. The zero-order chi connectivity index (χ0) is 33.0. The topological polar surface area (TPSA) is 152 Å². The van der Waals surface area contributed by atoms with Crippen LogP contribution in [-0.2, 0) is 9.59 Å². The summed E-state index contributed by atoms with van der Waals surface area (Å²) in [6.07, 6.45) is 6.21. The zero-order valence-electron chi connectivity index (χ0n) is 25.3. The first-order chi connectivity index (χ1) is 22.9. The average molecular weight is 633 g/mol. The molecule has 1 fully saturated rings. The van der Waals surface area contributed by atoms with Gasteiger partial charge in [0.25, 0.3) is 5.91 Å². The lowest BCUT2D eigenvalue weighted by Crippen LogP contribution is -2.37. The first-order valence-corrected chi connectivity index (χ1v) is 15.1. The van der Waals surface area contributed by atoms with Crippen molar-refractivity contribution in [2.24, 2.45) is 5.10 Å². The van der Waals surface area contributed by atoms with Crippen LogP contribution >= 0.6 is 0 Å². The van der Waals surface area contributed by atoms with E-state index in [4.69, 9.17) is 9.47 Å². The number of hydrogen-bond acceptors (Lipinski definition) is 8. The van der Waals surface area contributed by atoms with Gasteiger partial charge in [-0.25, -0.2) is 15.0 Å². The maximum absolute atomic E-state index is 12.9. The second-order valence-corrected chi connectivity index (χ2v) is 10.7. The van der Waals surface area contributed by atoms with Crippen LogP contribution in [0.5, 0.6) is 11.5 Å². The van der Waals surface area contributed by atoms with Gasteiger partial charge in [0.1, 0.15) is 11.5 Å². The average Bonchev–Trinajstić information content (AvgIpc) is 3.10. The van der Waals surface area contributed by atoms with E-state index in [0.717, 1.165) is 32.1 Å². The van der Waals surface area contributed by atoms with Gasteiger partial charge in [0.05, 0.1) is 28.6 Å². The van der Waals surface area contributed by atoms with Crippen molar-refractivity contribution in [3.05, 3.63) is 125 Å². The molecule has 3 N–H and O–H groups in total. The van der Waals surface area contributed by atoms with Gasteiger partial charge in [-0.05, 0) is 61.4 Å². The van der Waals surface area contributed by atoms with E-state index in [2.05, 4.69) is 21.2 Å². The van der Waals surface area contributed by atoms with Gasteiger partial charge in [-0.2, -0.15) is 5.10 Å². The highest BCUT2D eigenvalue weighted by Gasteiger charge is 2.21. The van der Waals surface area contributed by atoms with Crippen molar-refractivity contribution in [1.29, 1.82) is 0 Å². The smallest absolute Gasteiger partial charge is 0.343 e. The van der Waals surface area contributed by atoms with Gasteiger partial charge in [-0.3, -0.25) is 14.4 Å². The highest BCUT2D eigenvalue weighted by molar-refractivity contribution is 6.40. The van der Waals surface area contributed by atoms with Crippen molar-refractivity contribution >= 4 is 41.6 Å². The molecule has 0 aromatic heterocycles. The van der Waals surface area contributed by atoms with Crippen molar-refractivity contribution in [3.8, 4) is 11.5 Å². The monoisotopic (exact) mass is 632 g/mol. The SMILES string of the molecule is O=C(N/N=C/c1ccc(OC(=O)c2ccccc2)cc1OC(=O)c1ccccc1)C(=O)Nc1ccccc1C(=O)NC1CCCCC1. The molecule has 4 aromatic carbocycles. The molecule has 0 unspecified atom stereocenters. The number of amides is 3. The minimum atomic E-state index is -1.10. The zero-order valence-corrected chi connectivity index (χ0v) is 25.3. The molecule has 5 rings (SSSR count). The number of benzene rings is 4. The summed E-state index contributed by atoms with van der Waals surface area (Å²) in [6.45, 7) is 0. The predicted molar refractivity (Wildman–Crippen MR) is 174 cm³/mol. The molecule has 0 radical (unpaired) electrons. The molecule has 238 valence electrons. The molecule has 3 amide bonds. The van der Waals surface area contributed by atoms with Crippen molar-refractivity contribution < 1.29 is 33.4 Å². The third-order valence-electron chi connectivity index (χ3n) is 7.35. The summed E-state index contributed by atoms with van der Waals surface area (Å²) in [6, 6.07) is 27.4. The molecular formula is C36H32N4O7. The number of esters is 2. The molecule has 1 saturated carbocycles. The van der Waals surface area contributed by atoms with E-state index in [1.54, 1.807) is 78.9 Å². The van der Waals surface area contributed by atoms with Gasteiger partial charge in [0, 0.05) is 17.7 Å².